The summed E-state index contributed by atoms with van der Waals surface area (Å²) in [7, 11) is -1.89. The van der Waals surface area contributed by atoms with Gasteiger partial charge in [0.25, 0.3) is 10.0 Å². The predicted octanol–water partition coefficient (Wildman–Crippen LogP) is 3.07. The first-order valence-electron chi connectivity index (χ1n) is 10.3. The number of rotatable bonds is 5. The second kappa shape index (κ2) is 8.16. The van der Waals surface area contributed by atoms with Crippen LogP contribution in [0.4, 0.5) is 0 Å². The van der Waals surface area contributed by atoms with E-state index in [-0.39, 0.29) is 23.2 Å². The summed E-state index contributed by atoms with van der Waals surface area (Å²) in [6, 6.07) is 17.9. The fourth-order valence-corrected chi connectivity index (χ4v) is 6.82. The molecule has 0 saturated heterocycles. The minimum absolute atomic E-state index is 0.167. The first-order chi connectivity index (χ1) is 15.4. The second-order valence-electron chi connectivity index (χ2n) is 7.76. The van der Waals surface area contributed by atoms with E-state index in [0.29, 0.717) is 12.2 Å². The molecule has 1 amide bonds. The Balaban J connectivity index is 1.43. The van der Waals surface area contributed by atoms with Crippen molar-refractivity contribution in [3.8, 4) is 0 Å². The molecule has 0 unspecified atom stereocenters. The van der Waals surface area contributed by atoms with Gasteiger partial charge >= 0.3 is 0 Å². The van der Waals surface area contributed by atoms with Crippen molar-refractivity contribution in [2.45, 2.75) is 29.8 Å². The number of hydrogen-bond donors (Lipinski definition) is 1. The van der Waals surface area contributed by atoms with Crippen LogP contribution in [0, 0.1) is 0 Å². The molecule has 1 aliphatic rings. The maximum Gasteiger partial charge on any atom is 0.253 e. The summed E-state index contributed by atoms with van der Waals surface area (Å²) in [5.41, 5.74) is 3.75. The van der Waals surface area contributed by atoms with Gasteiger partial charge < -0.3 is 9.88 Å². The summed E-state index contributed by atoms with van der Waals surface area (Å²) in [5, 5.41) is 4.65. The van der Waals surface area contributed by atoms with Crippen LogP contribution in [0.5, 0.6) is 0 Å². The van der Waals surface area contributed by atoms with Crippen molar-refractivity contribution in [1.82, 2.24) is 19.2 Å². The number of para-hydroxylation sites is 2. The molecule has 1 N–H and O–H groups in total. The summed E-state index contributed by atoms with van der Waals surface area (Å²) in [4.78, 5) is 17.9. The Kier molecular flexibility index (Phi) is 5.32. The Morgan fingerprint density at radius 1 is 1.09 bits per heavy atom. The molecule has 0 fully saturated rings. The van der Waals surface area contributed by atoms with Crippen LogP contribution in [0.2, 0.25) is 0 Å². The molecule has 5 rings (SSSR count). The molecule has 3 heterocycles. The van der Waals surface area contributed by atoms with Gasteiger partial charge in [-0.2, -0.15) is 4.31 Å². The quantitative estimate of drug-likeness (QED) is 0.490. The van der Waals surface area contributed by atoms with Crippen LogP contribution in [0.3, 0.4) is 0 Å². The van der Waals surface area contributed by atoms with E-state index in [2.05, 4.69) is 10.3 Å². The lowest BCUT2D eigenvalue weighted by Gasteiger charge is -2.34. The molecule has 0 aliphatic carbocycles. The van der Waals surface area contributed by atoms with E-state index in [4.69, 9.17) is 0 Å². The van der Waals surface area contributed by atoms with Crippen LogP contribution in [-0.4, -0.2) is 34.2 Å². The highest BCUT2D eigenvalue weighted by Gasteiger charge is 2.40. The van der Waals surface area contributed by atoms with Gasteiger partial charge in [0.2, 0.25) is 5.91 Å². The van der Waals surface area contributed by atoms with Crippen LogP contribution >= 0.6 is 11.3 Å². The lowest BCUT2D eigenvalue weighted by Crippen LogP contribution is -2.52. The third kappa shape index (κ3) is 3.62. The number of nitrogens with one attached hydrogen (secondary N) is 1. The number of aromatic nitrogens is 2. The number of amides is 1. The van der Waals surface area contributed by atoms with E-state index < -0.39 is 16.1 Å². The zero-order valence-electron chi connectivity index (χ0n) is 17.4. The molecule has 0 saturated carbocycles. The largest absolute Gasteiger partial charge is 0.347 e. The van der Waals surface area contributed by atoms with E-state index >= 15 is 0 Å². The van der Waals surface area contributed by atoms with Crippen LogP contribution in [0.15, 0.2) is 70.3 Å². The number of carbonyl (C=O) groups excluding carboxylic acids is 1. The van der Waals surface area contributed by atoms with E-state index in [0.717, 1.165) is 33.5 Å². The third-order valence-electron chi connectivity index (χ3n) is 5.87. The lowest BCUT2D eigenvalue weighted by atomic mass is 9.95. The van der Waals surface area contributed by atoms with Gasteiger partial charge in [0.15, 0.2) is 0 Å². The van der Waals surface area contributed by atoms with Crippen LogP contribution in [0.25, 0.3) is 11.0 Å². The molecule has 9 heteroatoms. The molecule has 164 valence electrons. The molecule has 7 nitrogen and oxygen atoms in total. The molecule has 1 aliphatic heterocycles. The molecular formula is C23H22N4O3S2. The summed E-state index contributed by atoms with van der Waals surface area (Å²) >= 11 is 1.16. The average Bonchev–Trinajstić information content (AvgIpc) is 3.46. The fourth-order valence-electron chi connectivity index (χ4n) is 4.14. The first kappa shape index (κ1) is 20.9. The number of nitrogens with zero attached hydrogens (tertiary/aromatic N) is 3. The standard InChI is InChI=1S/C23H22N4O3S2/c1-26-19-10-5-4-9-18(19)25-21(26)14-24-23(28)20-13-16-7-2-3-8-17(16)15-27(20)32(29,30)22-11-6-12-31-22/h2-12,20H,13-15H2,1H3,(H,24,28)/t20-/m0/s1. The van der Waals surface area contributed by atoms with Gasteiger partial charge in [0.05, 0.1) is 17.6 Å². The number of sulfonamides is 1. The Bertz CT molecular complexity index is 1390. The normalized spacial score (nSPS) is 16.7. The van der Waals surface area contributed by atoms with Gasteiger partial charge in [-0.05, 0) is 41.1 Å². The smallest absolute Gasteiger partial charge is 0.253 e. The number of thiophene rings is 1. The van der Waals surface area contributed by atoms with Crippen molar-refractivity contribution in [1.29, 1.82) is 0 Å². The van der Waals surface area contributed by atoms with Crippen molar-refractivity contribution >= 4 is 38.3 Å². The highest BCUT2D eigenvalue weighted by Crippen LogP contribution is 2.31. The third-order valence-corrected chi connectivity index (χ3v) is 9.09. The topological polar surface area (TPSA) is 84.3 Å². The average molecular weight is 467 g/mol. The molecule has 0 radical (unpaired) electrons. The van der Waals surface area contributed by atoms with Gasteiger partial charge in [-0.1, -0.05) is 42.5 Å². The summed E-state index contributed by atoms with van der Waals surface area (Å²) in [5.74, 6) is 0.384. The van der Waals surface area contributed by atoms with Crippen LogP contribution in [0.1, 0.15) is 17.0 Å². The number of aryl methyl sites for hydroxylation is 1. The molecule has 4 aromatic rings. The molecule has 1 atom stereocenters. The number of carbonyl (C=O) groups is 1. The number of hydrogen-bond acceptors (Lipinski definition) is 5. The highest BCUT2D eigenvalue weighted by molar-refractivity contribution is 7.91. The molecule has 0 bridgehead atoms. The van der Waals surface area contributed by atoms with Crippen LogP contribution in [-0.2, 0) is 41.4 Å². The Morgan fingerprint density at radius 3 is 2.59 bits per heavy atom. The monoisotopic (exact) mass is 466 g/mol. The maximum atomic E-state index is 13.4. The highest BCUT2D eigenvalue weighted by atomic mass is 32.2. The molecular weight excluding hydrogens is 444 g/mol. The van der Waals surface area contributed by atoms with Crippen molar-refractivity contribution < 1.29 is 13.2 Å². The second-order valence-corrected chi connectivity index (χ2v) is 10.8. The summed E-state index contributed by atoms with van der Waals surface area (Å²) in [6.07, 6.45) is 0.329. The SMILES string of the molecule is Cn1c(CNC(=O)[C@@H]2Cc3ccccc3CN2S(=O)(=O)c2cccs2)nc2ccccc21. The summed E-state index contributed by atoms with van der Waals surface area (Å²) in [6.45, 7) is 0.385. The van der Waals surface area contributed by atoms with E-state index in [9.17, 15) is 13.2 Å². The first-order valence-corrected chi connectivity index (χ1v) is 12.6. The van der Waals surface area contributed by atoms with Gasteiger partial charge in [0, 0.05) is 13.6 Å². The van der Waals surface area contributed by atoms with Gasteiger partial charge in [0.1, 0.15) is 16.1 Å². The lowest BCUT2D eigenvalue weighted by molar-refractivity contribution is -0.125. The zero-order chi connectivity index (χ0) is 22.3. The van der Waals surface area contributed by atoms with Gasteiger partial charge in [-0.15, -0.1) is 11.3 Å². The molecule has 2 aromatic carbocycles. The Hall–Kier alpha value is -3.01. The maximum absolute atomic E-state index is 13.4. The molecule has 2 aromatic heterocycles. The van der Waals surface area contributed by atoms with E-state index in [1.165, 1.54) is 4.31 Å². The molecule has 0 spiro atoms. The van der Waals surface area contributed by atoms with Gasteiger partial charge in [-0.3, -0.25) is 4.79 Å². The van der Waals surface area contributed by atoms with Crippen molar-refractivity contribution in [2.75, 3.05) is 0 Å². The van der Waals surface area contributed by atoms with E-state index in [1.54, 1.807) is 17.5 Å². The van der Waals surface area contributed by atoms with Crippen molar-refractivity contribution in [3.63, 3.8) is 0 Å². The van der Waals surface area contributed by atoms with Crippen molar-refractivity contribution in [2.24, 2.45) is 7.05 Å². The predicted molar refractivity (Wildman–Crippen MR) is 124 cm³/mol. The fraction of sp³-hybridized carbons (Fsp3) is 0.217. The van der Waals surface area contributed by atoms with Crippen LogP contribution < -0.4 is 5.32 Å². The number of benzene rings is 2. The number of fused-ring (bicyclic) bond motifs is 2. The van der Waals surface area contributed by atoms with Gasteiger partial charge in [-0.25, -0.2) is 13.4 Å². The van der Waals surface area contributed by atoms with Crippen molar-refractivity contribution in [3.05, 3.63) is 83.0 Å². The number of imidazole rings is 1. The van der Waals surface area contributed by atoms with E-state index in [1.807, 2.05) is 60.1 Å². The Labute approximate surface area is 190 Å². The summed E-state index contributed by atoms with van der Waals surface area (Å²) < 4.78 is 30.2. The Morgan fingerprint density at radius 2 is 1.84 bits per heavy atom. The zero-order valence-corrected chi connectivity index (χ0v) is 19.1. The molecule has 32 heavy (non-hydrogen) atoms. The minimum atomic E-state index is -3.80. The minimum Gasteiger partial charge on any atom is -0.347 e.